The van der Waals surface area contributed by atoms with E-state index in [2.05, 4.69) is 15.0 Å². The Hall–Kier alpha value is -2.11. The summed E-state index contributed by atoms with van der Waals surface area (Å²) in [5, 5.41) is 0. The Bertz CT molecular complexity index is 997. The van der Waals surface area contributed by atoms with Crippen LogP contribution in [0.1, 0.15) is 25.8 Å². The fourth-order valence-corrected chi connectivity index (χ4v) is 4.83. The number of phosphoric ester groups is 1. The molecule has 2 fully saturated rings. The molecule has 13 heteroatoms. The lowest BCUT2D eigenvalue weighted by Crippen LogP contribution is -2.50. The van der Waals surface area contributed by atoms with E-state index in [1.54, 1.807) is 18.4 Å². The minimum absolute atomic E-state index is 0.0636. The van der Waals surface area contributed by atoms with E-state index in [1.165, 1.54) is 20.4 Å². The predicted octanol–water partition coefficient (Wildman–Crippen LogP) is 1.11. The lowest BCUT2D eigenvalue weighted by molar-refractivity contribution is -0.175. The van der Waals surface area contributed by atoms with Gasteiger partial charge in [-0.05, 0) is 13.8 Å². The number of phosphoric acid groups is 1. The normalized spacial score (nSPS) is 35.1. The highest BCUT2D eigenvalue weighted by molar-refractivity contribution is 7.48. The fraction of sp³-hybridized carbons (Fsp3) is 0.600. The molecule has 2 aromatic heterocycles. The van der Waals surface area contributed by atoms with Gasteiger partial charge in [0.1, 0.15) is 17.7 Å². The molecule has 2 saturated heterocycles. The molecule has 0 spiro atoms. The summed E-state index contributed by atoms with van der Waals surface area (Å²) in [6.45, 7) is 4.58. The highest BCUT2D eigenvalue weighted by atomic mass is 31.2. The molecule has 2 N–H and O–H groups in total. The van der Waals surface area contributed by atoms with Gasteiger partial charge >= 0.3 is 13.8 Å². The Morgan fingerprint density at radius 3 is 2.89 bits per heavy atom. The molecule has 0 amide bonds. The second-order valence-corrected chi connectivity index (χ2v) is 8.48. The van der Waals surface area contributed by atoms with Crippen molar-refractivity contribution in [2.75, 3.05) is 19.5 Å². The first kappa shape index (κ1) is 19.2. The minimum Gasteiger partial charge on any atom is -0.452 e. The average molecular weight is 413 g/mol. The van der Waals surface area contributed by atoms with E-state index >= 15 is 0 Å². The molecular weight excluding hydrogens is 393 g/mol. The number of fused-ring (bicyclic) bond motifs is 2. The van der Waals surface area contributed by atoms with Crippen LogP contribution in [0.4, 0.5) is 5.95 Å². The molecule has 2 aliphatic rings. The van der Waals surface area contributed by atoms with Gasteiger partial charge in [-0.25, -0.2) is 14.5 Å². The SMILES string of the molecule is CO[P@@]1(=O)OC[C@H]2O[C@@H](n3cnc4c(C)nc(N)nc43)[C@](C)(OC(C)=O)[C@@H]2O1. The second-order valence-electron chi connectivity index (χ2n) is 6.75. The summed E-state index contributed by atoms with van der Waals surface area (Å²) < 4.78 is 41.4. The zero-order chi connectivity index (χ0) is 20.3. The predicted molar refractivity (Wildman–Crippen MR) is 94.0 cm³/mol. The number of aryl methyl sites for hydroxylation is 1. The van der Waals surface area contributed by atoms with Crippen LogP contribution in [0.5, 0.6) is 0 Å². The molecule has 0 aliphatic carbocycles. The molecule has 2 aromatic rings. The summed E-state index contributed by atoms with van der Waals surface area (Å²) in [6, 6.07) is 0. The van der Waals surface area contributed by atoms with Crippen molar-refractivity contribution in [1.29, 1.82) is 0 Å². The van der Waals surface area contributed by atoms with Crippen molar-refractivity contribution in [2.45, 2.75) is 44.8 Å². The number of hydrogen-bond donors (Lipinski definition) is 1. The van der Waals surface area contributed by atoms with Gasteiger partial charge in [-0.2, -0.15) is 4.98 Å². The molecule has 4 heterocycles. The monoisotopic (exact) mass is 413 g/mol. The average Bonchev–Trinajstić information content (AvgIpc) is 3.14. The van der Waals surface area contributed by atoms with Crippen LogP contribution in [0, 0.1) is 6.92 Å². The number of anilines is 1. The van der Waals surface area contributed by atoms with Gasteiger partial charge in [-0.3, -0.25) is 22.9 Å². The van der Waals surface area contributed by atoms with Crippen molar-refractivity contribution in [3.63, 3.8) is 0 Å². The van der Waals surface area contributed by atoms with Gasteiger partial charge in [0.25, 0.3) is 0 Å². The molecule has 0 bridgehead atoms. The van der Waals surface area contributed by atoms with Gasteiger partial charge in [-0.15, -0.1) is 0 Å². The molecule has 0 radical (unpaired) electrons. The lowest BCUT2D eigenvalue weighted by Gasteiger charge is -2.37. The first-order valence-corrected chi connectivity index (χ1v) is 9.93. The van der Waals surface area contributed by atoms with Gasteiger partial charge in [0.2, 0.25) is 5.95 Å². The summed E-state index contributed by atoms with van der Waals surface area (Å²) >= 11 is 0. The van der Waals surface area contributed by atoms with Gasteiger partial charge in [0.05, 0.1) is 18.6 Å². The summed E-state index contributed by atoms with van der Waals surface area (Å²) in [5.41, 5.74) is 5.94. The third kappa shape index (κ3) is 2.88. The summed E-state index contributed by atoms with van der Waals surface area (Å²) in [7, 11) is -2.58. The van der Waals surface area contributed by atoms with E-state index in [0.717, 1.165) is 0 Å². The number of nitrogens with two attached hydrogens (primary N) is 1. The van der Waals surface area contributed by atoms with E-state index in [9.17, 15) is 9.36 Å². The minimum atomic E-state index is -3.80. The zero-order valence-electron chi connectivity index (χ0n) is 15.7. The van der Waals surface area contributed by atoms with Crippen LogP contribution >= 0.6 is 7.82 Å². The first-order valence-electron chi connectivity index (χ1n) is 8.47. The smallest absolute Gasteiger partial charge is 0.452 e. The number of ether oxygens (including phenoxy) is 2. The van der Waals surface area contributed by atoms with Crippen molar-refractivity contribution in [3.8, 4) is 0 Å². The van der Waals surface area contributed by atoms with E-state index in [0.29, 0.717) is 16.9 Å². The molecule has 2 aliphatic heterocycles. The van der Waals surface area contributed by atoms with Crippen molar-refractivity contribution < 1.29 is 32.4 Å². The Morgan fingerprint density at radius 2 is 2.21 bits per heavy atom. The number of aromatic nitrogens is 4. The van der Waals surface area contributed by atoms with Gasteiger partial charge in [-0.1, -0.05) is 0 Å². The van der Waals surface area contributed by atoms with E-state index in [4.69, 9.17) is 28.8 Å². The van der Waals surface area contributed by atoms with Crippen LogP contribution in [0.25, 0.3) is 11.2 Å². The first-order chi connectivity index (χ1) is 13.2. The number of carbonyl (C=O) groups is 1. The Labute approximate surface area is 159 Å². The topological polar surface area (TPSA) is 150 Å². The number of nitrogens with zero attached hydrogens (tertiary/aromatic N) is 4. The summed E-state index contributed by atoms with van der Waals surface area (Å²) in [6.07, 6.45) is -0.966. The molecule has 0 unspecified atom stereocenters. The Kier molecular flexibility index (Phi) is 4.43. The zero-order valence-corrected chi connectivity index (χ0v) is 16.6. The number of imidazole rings is 1. The maximum Gasteiger partial charge on any atom is 0.475 e. The van der Waals surface area contributed by atoms with Crippen molar-refractivity contribution >= 4 is 30.9 Å². The molecule has 4 rings (SSSR count). The fourth-order valence-electron chi connectivity index (χ4n) is 3.62. The number of rotatable bonds is 3. The highest BCUT2D eigenvalue weighted by Crippen LogP contribution is 2.59. The van der Waals surface area contributed by atoms with Crippen molar-refractivity contribution in [2.24, 2.45) is 0 Å². The van der Waals surface area contributed by atoms with Crippen LogP contribution in [0.15, 0.2) is 6.33 Å². The van der Waals surface area contributed by atoms with Crippen LogP contribution in [0.2, 0.25) is 0 Å². The number of nitrogen functional groups attached to an aromatic ring is 1. The maximum absolute atomic E-state index is 12.5. The molecule has 0 aromatic carbocycles. The van der Waals surface area contributed by atoms with Crippen molar-refractivity contribution in [3.05, 3.63) is 12.0 Å². The molecule has 28 heavy (non-hydrogen) atoms. The van der Waals surface area contributed by atoms with Crippen LogP contribution in [-0.2, 0) is 32.4 Å². The standard InChI is InChI=1S/C15H20N5O7P/c1-7-10-12(19-14(16)18-7)20(6-17-10)13-15(3,26-8(2)21)11-9(25-13)5-24-28(22,23-4)27-11/h6,9,11,13H,5H2,1-4H3,(H2,16,18,19)/t9-,11-,13-,15-,28+/m1/s1. The largest absolute Gasteiger partial charge is 0.475 e. The molecule has 5 atom stereocenters. The van der Waals surface area contributed by atoms with E-state index in [1.807, 2.05) is 0 Å². The quantitative estimate of drug-likeness (QED) is 0.569. The third-order valence-electron chi connectivity index (χ3n) is 4.79. The van der Waals surface area contributed by atoms with Crippen LogP contribution in [0.3, 0.4) is 0 Å². The summed E-state index contributed by atoms with van der Waals surface area (Å²) in [4.78, 5) is 24.5. The summed E-state index contributed by atoms with van der Waals surface area (Å²) in [5.74, 6) is -0.492. The van der Waals surface area contributed by atoms with Crippen molar-refractivity contribution in [1.82, 2.24) is 19.5 Å². The van der Waals surface area contributed by atoms with Gasteiger partial charge in [0.15, 0.2) is 17.5 Å². The maximum atomic E-state index is 12.5. The van der Waals surface area contributed by atoms with Crippen LogP contribution in [-0.4, -0.2) is 57.0 Å². The second kappa shape index (κ2) is 6.46. The number of carbonyl (C=O) groups excluding carboxylic acids is 1. The van der Waals surface area contributed by atoms with E-state index in [-0.39, 0.29) is 12.6 Å². The Morgan fingerprint density at radius 1 is 1.46 bits per heavy atom. The highest BCUT2D eigenvalue weighted by Gasteiger charge is 2.63. The van der Waals surface area contributed by atoms with Gasteiger partial charge < -0.3 is 15.2 Å². The molecular formula is C15H20N5O7P. The van der Waals surface area contributed by atoms with Gasteiger partial charge in [0, 0.05) is 14.0 Å². The molecule has 152 valence electrons. The third-order valence-corrected chi connectivity index (χ3v) is 6.19. The molecule has 12 nitrogen and oxygen atoms in total. The molecule has 0 saturated carbocycles. The van der Waals surface area contributed by atoms with E-state index < -0.39 is 37.8 Å². The number of hydrogen-bond acceptors (Lipinski definition) is 11. The van der Waals surface area contributed by atoms with Crippen LogP contribution < -0.4 is 5.73 Å². The Balaban J connectivity index is 1.83. The lowest BCUT2D eigenvalue weighted by atomic mass is 9.96. The number of esters is 1.